The summed E-state index contributed by atoms with van der Waals surface area (Å²) in [6.45, 7) is 0.901. The van der Waals surface area contributed by atoms with Crippen molar-refractivity contribution in [2.75, 3.05) is 26.1 Å². The fourth-order valence-corrected chi connectivity index (χ4v) is 2.25. The average Bonchev–Trinajstić information content (AvgIpc) is 2.53. The third kappa shape index (κ3) is 4.57. The van der Waals surface area contributed by atoms with E-state index in [1.807, 2.05) is 30.3 Å². The molecule has 0 bridgehead atoms. The van der Waals surface area contributed by atoms with Gasteiger partial charge >= 0.3 is 0 Å². The monoisotopic (exact) mass is 305 g/mol. The molecular weight excluding hydrogens is 286 g/mol. The molecule has 0 amide bonds. The number of nitrogens with one attached hydrogen (secondary N) is 1. The predicted octanol–water partition coefficient (Wildman–Crippen LogP) is 4.40. The zero-order valence-corrected chi connectivity index (χ0v) is 13.1. The molecule has 2 aromatic rings. The highest BCUT2D eigenvalue weighted by atomic mass is 35.5. The van der Waals surface area contributed by atoms with Crippen molar-refractivity contribution in [3.63, 3.8) is 0 Å². The normalized spacial score (nSPS) is 10.2. The average molecular weight is 306 g/mol. The molecule has 0 aliphatic heterocycles. The van der Waals surface area contributed by atoms with Crippen molar-refractivity contribution >= 4 is 17.3 Å². The van der Waals surface area contributed by atoms with Gasteiger partial charge in [-0.3, -0.25) is 0 Å². The van der Waals surface area contributed by atoms with Gasteiger partial charge in [0.15, 0.2) is 11.5 Å². The molecule has 0 aromatic heterocycles. The van der Waals surface area contributed by atoms with E-state index in [0.717, 1.165) is 41.6 Å². The Hall–Kier alpha value is -1.87. The lowest BCUT2D eigenvalue weighted by Crippen LogP contribution is -2.03. The fourth-order valence-electron chi connectivity index (χ4n) is 2.12. The highest BCUT2D eigenvalue weighted by Gasteiger charge is 2.03. The number of anilines is 1. The molecule has 4 heteroatoms. The van der Waals surface area contributed by atoms with E-state index in [1.165, 1.54) is 5.56 Å². The zero-order valence-electron chi connectivity index (χ0n) is 12.4. The van der Waals surface area contributed by atoms with E-state index in [0.29, 0.717) is 0 Å². The number of benzene rings is 2. The van der Waals surface area contributed by atoms with Crippen LogP contribution in [0.1, 0.15) is 12.0 Å². The molecule has 0 atom stereocenters. The summed E-state index contributed by atoms with van der Waals surface area (Å²) in [4.78, 5) is 0. The zero-order chi connectivity index (χ0) is 15.1. The van der Waals surface area contributed by atoms with Crippen molar-refractivity contribution in [1.82, 2.24) is 0 Å². The highest BCUT2D eigenvalue weighted by molar-refractivity contribution is 6.30. The smallest absolute Gasteiger partial charge is 0.162 e. The van der Waals surface area contributed by atoms with Gasteiger partial charge in [0, 0.05) is 23.3 Å². The Balaban J connectivity index is 1.82. The topological polar surface area (TPSA) is 30.5 Å². The molecule has 0 saturated carbocycles. The first-order valence-corrected chi connectivity index (χ1v) is 7.31. The van der Waals surface area contributed by atoms with Crippen molar-refractivity contribution in [3.05, 3.63) is 53.1 Å². The number of methoxy groups -OCH3 is 2. The largest absolute Gasteiger partial charge is 0.493 e. The predicted molar refractivity (Wildman–Crippen MR) is 87.8 cm³/mol. The van der Waals surface area contributed by atoms with Crippen LogP contribution in [0.15, 0.2) is 42.5 Å². The van der Waals surface area contributed by atoms with Gasteiger partial charge in [-0.1, -0.05) is 23.7 Å². The van der Waals surface area contributed by atoms with Crippen LogP contribution in [0.3, 0.4) is 0 Å². The van der Waals surface area contributed by atoms with E-state index >= 15 is 0 Å². The van der Waals surface area contributed by atoms with Gasteiger partial charge in [-0.25, -0.2) is 0 Å². The van der Waals surface area contributed by atoms with E-state index in [4.69, 9.17) is 21.1 Å². The Morgan fingerprint density at radius 3 is 2.33 bits per heavy atom. The van der Waals surface area contributed by atoms with Crippen molar-refractivity contribution in [2.24, 2.45) is 0 Å². The minimum absolute atomic E-state index is 0.736. The molecule has 2 aromatic carbocycles. The van der Waals surface area contributed by atoms with Crippen LogP contribution in [0.5, 0.6) is 11.5 Å². The van der Waals surface area contributed by atoms with Crippen LogP contribution in [-0.4, -0.2) is 20.8 Å². The maximum Gasteiger partial charge on any atom is 0.162 e. The fraction of sp³-hybridized carbons (Fsp3) is 0.294. The second kappa shape index (κ2) is 7.79. The lowest BCUT2D eigenvalue weighted by molar-refractivity contribution is 0.355. The Bertz CT molecular complexity index is 570. The molecule has 0 radical (unpaired) electrons. The second-order valence-electron chi connectivity index (χ2n) is 4.73. The number of ether oxygens (including phenoxy) is 2. The van der Waals surface area contributed by atoms with E-state index in [9.17, 15) is 0 Å². The van der Waals surface area contributed by atoms with Crippen LogP contribution in [0.25, 0.3) is 0 Å². The minimum Gasteiger partial charge on any atom is -0.493 e. The van der Waals surface area contributed by atoms with Gasteiger partial charge in [0.05, 0.1) is 14.2 Å². The SMILES string of the molecule is COc1ccc(NCCCc2ccc(Cl)cc2)cc1OC. The van der Waals surface area contributed by atoms with Gasteiger partial charge in [-0.2, -0.15) is 0 Å². The van der Waals surface area contributed by atoms with E-state index in [2.05, 4.69) is 17.4 Å². The summed E-state index contributed by atoms with van der Waals surface area (Å²) in [5.74, 6) is 1.48. The lowest BCUT2D eigenvalue weighted by atomic mass is 10.1. The lowest BCUT2D eigenvalue weighted by Gasteiger charge is -2.11. The summed E-state index contributed by atoms with van der Waals surface area (Å²) in [5.41, 5.74) is 2.33. The van der Waals surface area contributed by atoms with Crippen molar-refractivity contribution in [3.8, 4) is 11.5 Å². The first-order chi connectivity index (χ1) is 10.2. The third-order valence-electron chi connectivity index (χ3n) is 3.27. The Labute approximate surface area is 130 Å². The Morgan fingerprint density at radius 2 is 1.67 bits per heavy atom. The van der Waals surface area contributed by atoms with Gasteiger partial charge in [0.1, 0.15) is 0 Å². The van der Waals surface area contributed by atoms with Gasteiger partial charge < -0.3 is 14.8 Å². The molecule has 0 aliphatic carbocycles. The molecule has 0 aliphatic rings. The Morgan fingerprint density at radius 1 is 0.952 bits per heavy atom. The van der Waals surface area contributed by atoms with E-state index < -0.39 is 0 Å². The number of hydrogen-bond donors (Lipinski definition) is 1. The van der Waals surface area contributed by atoms with Crippen LogP contribution in [0.2, 0.25) is 5.02 Å². The van der Waals surface area contributed by atoms with Crippen LogP contribution < -0.4 is 14.8 Å². The number of hydrogen-bond acceptors (Lipinski definition) is 3. The van der Waals surface area contributed by atoms with Crippen LogP contribution in [0, 0.1) is 0 Å². The van der Waals surface area contributed by atoms with Crippen molar-refractivity contribution in [2.45, 2.75) is 12.8 Å². The minimum atomic E-state index is 0.736. The summed E-state index contributed by atoms with van der Waals surface area (Å²) in [5, 5.41) is 4.17. The standard InChI is InChI=1S/C17H20ClNO2/c1-20-16-10-9-15(12-17(16)21-2)19-11-3-4-13-5-7-14(18)8-6-13/h5-10,12,19H,3-4,11H2,1-2H3. The highest BCUT2D eigenvalue weighted by Crippen LogP contribution is 2.29. The van der Waals surface area contributed by atoms with Crippen LogP contribution >= 0.6 is 11.6 Å². The summed E-state index contributed by atoms with van der Waals surface area (Å²) < 4.78 is 10.5. The number of halogens is 1. The first-order valence-electron chi connectivity index (χ1n) is 6.93. The van der Waals surface area contributed by atoms with Crippen molar-refractivity contribution < 1.29 is 9.47 Å². The molecule has 0 heterocycles. The van der Waals surface area contributed by atoms with Crippen LogP contribution in [0.4, 0.5) is 5.69 Å². The van der Waals surface area contributed by atoms with Crippen LogP contribution in [-0.2, 0) is 6.42 Å². The molecular formula is C17H20ClNO2. The summed E-state index contributed by atoms with van der Waals surface area (Å²) in [7, 11) is 3.28. The van der Waals surface area contributed by atoms with Gasteiger partial charge in [-0.15, -0.1) is 0 Å². The molecule has 112 valence electrons. The van der Waals surface area contributed by atoms with E-state index in [-0.39, 0.29) is 0 Å². The van der Waals surface area contributed by atoms with Gasteiger partial charge in [0.25, 0.3) is 0 Å². The maximum atomic E-state index is 5.87. The third-order valence-corrected chi connectivity index (χ3v) is 3.52. The molecule has 0 fully saturated rings. The molecule has 2 rings (SSSR count). The second-order valence-corrected chi connectivity index (χ2v) is 5.16. The van der Waals surface area contributed by atoms with Crippen molar-refractivity contribution in [1.29, 1.82) is 0 Å². The van der Waals surface area contributed by atoms with Gasteiger partial charge in [0.2, 0.25) is 0 Å². The molecule has 0 spiro atoms. The first kappa shape index (κ1) is 15.5. The molecule has 3 nitrogen and oxygen atoms in total. The molecule has 0 saturated heterocycles. The summed E-state index contributed by atoms with van der Waals surface area (Å²) in [6, 6.07) is 13.8. The maximum absolute atomic E-state index is 5.87. The number of aryl methyl sites for hydroxylation is 1. The number of rotatable bonds is 7. The summed E-state index contributed by atoms with van der Waals surface area (Å²) in [6.07, 6.45) is 2.08. The van der Waals surface area contributed by atoms with E-state index in [1.54, 1.807) is 14.2 Å². The molecule has 0 unspecified atom stereocenters. The quantitative estimate of drug-likeness (QED) is 0.769. The molecule has 21 heavy (non-hydrogen) atoms. The Kier molecular flexibility index (Phi) is 5.76. The summed E-state index contributed by atoms with van der Waals surface area (Å²) >= 11 is 5.87. The molecule has 1 N–H and O–H groups in total. The van der Waals surface area contributed by atoms with Gasteiger partial charge in [-0.05, 0) is 42.7 Å².